The second-order valence-electron chi connectivity index (χ2n) is 3.11. The van der Waals surface area contributed by atoms with Crippen LogP contribution in [0.15, 0.2) is 0 Å². The summed E-state index contributed by atoms with van der Waals surface area (Å²) in [6, 6.07) is 0. The molecule has 0 radical (unpaired) electrons. The van der Waals surface area contributed by atoms with Gasteiger partial charge in [-0.1, -0.05) is 13.8 Å². The average Bonchev–Trinajstić information content (AvgIpc) is 2.05. The summed E-state index contributed by atoms with van der Waals surface area (Å²) in [5, 5.41) is 0. The molecule has 0 rings (SSSR count). The molecule has 0 aromatic carbocycles. The van der Waals surface area contributed by atoms with Crippen molar-refractivity contribution in [1.29, 1.82) is 0 Å². The van der Waals surface area contributed by atoms with E-state index in [0.717, 1.165) is 12.8 Å². The second-order valence-corrected chi connectivity index (χ2v) is 3.11. The number of hydrogen-bond acceptors (Lipinski definition) is 1. The molecule has 0 saturated heterocycles. The summed E-state index contributed by atoms with van der Waals surface area (Å²) in [5.41, 5.74) is 0. The van der Waals surface area contributed by atoms with Crippen LogP contribution in [-0.2, 0) is 0 Å². The molecule has 70 valence electrons. The maximum atomic E-state index is 3.16. The van der Waals surface area contributed by atoms with Crippen molar-refractivity contribution in [1.82, 2.24) is 4.90 Å². The molecule has 0 aliphatic rings. The highest BCUT2D eigenvalue weighted by molar-refractivity contribution is 4.97. The Kier molecular flexibility index (Phi) is 8.27. The molecule has 12 heavy (non-hydrogen) atoms. The van der Waals surface area contributed by atoms with Crippen LogP contribution < -0.4 is 0 Å². The molecule has 0 heterocycles. The molecule has 0 saturated carbocycles. The van der Waals surface area contributed by atoms with E-state index in [1.54, 1.807) is 0 Å². The Morgan fingerprint density at radius 1 is 1.08 bits per heavy atom. The average molecular weight is 167 g/mol. The Morgan fingerprint density at radius 3 is 2.42 bits per heavy atom. The molecule has 0 fully saturated rings. The SMILES string of the molecule is CCC#CCCCN(C)CCC. The molecule has 1 nitrogen and oxygen atoms in total. The molecule has 0 N–H and O–H groups in total. The van der Waals surface area contributed by atoms with Crippen LogP contribution in [0.4, 0.5) is 0 Å². The standard InChI is InChI=1S/C11H21N/c1-4-6-7-8-9-11-12(3)10-5-2/h4-5,8-11H2,1-3H3. The summed E-state index contributed by atoms with van der Waals surface area (Å²) in [5.74, 6) is 6.24. The summed E-state index contributed by atoms with van der Waals surface area (Å²) in [7, 11) is 2.18. The molecular weight excluding hydrogens is 146 g/mol. The molecule has 0 bridgehead atoms. The van der Waals surface area contributed by atoms with E-state index >= 15 is 0 Å². The van der Waals surface area contributed by atoms with Gasteiger partial charge in [0.25, 0.3) is 0 Å². The van der Waals surface area contributed by atoms with E-state index < -0.39 is 0 Å². The molecule has 0 aliphatic carbocycles. The molecule has 0 amide bonds. The van der Waals surface area contributed by atoms with Crippen LogP contribution in [0.3, 0.4) is 0 Å². The van der Waals surface area contributed by atoms with E-state index in [1.807, 2.05) is 0 Å². The van der Waals surface area contributed by atoms with Crippen LogP contribution in [0, 0.1) is 11.8 Å². The zero-order chi connectivity index (χ0) is 9.23. The van der Waals surface area contributed by atoms with Gasteiger partial charge >= 0.3 is 0 Å². The maximum Gasteiger partial charge on any atom is 0.0101 e. The van der Waals surface area contributed by atoms with Crippen LogP contribution >= 0.6 is 0 Å². The van der Waals surface area contributed by atoms with Gasteiger partial charge in [0.2, 0.25) is 0 Å². The fraction of sp³-hybridized carbons (Fsp3) is 0.818. The Labute approximate surface area is 77.1 Å². The molecule has 0 unspecified atom stereocenters. The zero-order valence-corrected chi connectivity index (χ0v) is 8.69. The molecule has 0 aromatic heterocycles. The summed E-state index contributed by atoms with van der Waals surface area (Å²) < 4.78 is 0. The van der Waals surface area contributed by atoms with E-state index in [9.17, 15) is 0 Å². The Bertz CT molecular complexity index is 141. The third-order valence-corrected chi connectivity index (χ3v) is 1.75. The van der Waals surface area contributed by atoms with Crippen molar-refractivity contribution >= 4 is 0 Å². The van der Waals surface area contributed by atoms with Gasteiger partial charge in [-0.05, 0) is 33.0 Å². The fourth-order valence-corrected chi connectivity index (χ4v) is 1.14. The topological polar surface area (TPSA) is 3.24 Å². The minimum absolute atomic E-state index is 0.991. The van der Waals surface area contributed by atoms with E-state index in [2.05, 4.69) is 37.6 Å². The third-order valence-electron chi connectivity index (χ3n) is 1.75. The van der Waals surface area contributed by atoms with Gasteiger partial charge in [-0.2, -0.15) is 0 Å². The highest BCUT2D eigenvalue weighted by Crippen LogP contribution is 1.92. The minimum Gasteiger partial charge on any atom is -0.306 e. The summed E-state index contributed by atoms with van der Waals surface area (Å²) in [6.45, 7) is 6.71. The predicted molar refractivity (Wildman–Crippen MR) is 55.1 cm³/mol. The van der Waals surface area contributed by atoms with Crippen molar-refractivity contribution < 1.29 is 0 Å². The summed E-state index contributed by atoms with van der Waals surface area (Å²) in [4.78, 5) is 2.37. The molecule has 0 atom stereocenters. The lowest BCUT2D eigenvalue weighted by Gasteiger charge is -2.13. The predicted octanol–water partition coefficient (Wildman–Crippen LogP) is 2.52. The first-order valence-electron chi connectivity index (χ1n) is 4.95. The highest BCUT2D eigenvalue weighted by atomic mass is 15.1. The highest BCUT2D eigenvalue weighted by Gasteiger charge is 1.93. The first-order chi connectivity index (χ1) is 5.81. The van der Waals surface area contributed by atoms with Gasteiger partial charge < -0.3 is 4.90 Å². The van der Waals surface area contributed by atoms with Crippen molar-refractivity contribution in [3.8, 4) is 11.8 Å². The van der Waals surface area contributed by atoms with Gasteiger partial charge in [0.15, 0.2) is 0 Å². The molecule has 0 aromatic rings. The number of hydrogen-bond donors (Lipinski definition) is 0. The first-order valence-corrected chi connectivity index (χ1v) is 4.95. The number of nitrogens with zero attached hydrogens (tertiary/aromatic N) is 1. The van der Waals surface area contributed by atoms with Crippen molar-refractivity contribution in [2.75, 3.05) is 20.1 Å². The van der Waals surface area contributed by atoms with Gasteiger partial charge in [0.1, 0.15) is 0 Å². The quantitative estimate of drug-likeness (QED) is 0.449. The zero-order valence-electron chi connectivity index (χ0n) is 8.69. The Hall–Kier alpha value is -0.480. The maximum absolute atomic E-state index is 3.16. The lowest BCUT2D eigenvalue weighted by atomic mass is 10.3. The number of unbranched alkanes of at least 4 members (excludes halogenated alkanes) is 1. The fourth-order valence-electron chi connectivity index (χ4n) is 1.14. The van der Waals surface area contributed by atoms with Crippen LogP contribution in [0.5, 0.6) is 0 Å². The smallest absolute Gasteiger partial charge is 0.0101 e. The van der Waals surface area contributed by atoms with Crippen molar-refractivity contribution in [3.05, 3.63) is 0 Å². The molecule has 0 aliphatic heterocycles. The normalized spacial score (nSPS) is 9.67. The van der Waals surface area contributed by atoms with E-state index in [-0.39, 0.29) is 0 Å². The Balaban J connectivity index is 3.18. The summed E-state index contributed by atoms with van der Waals surface area (Å²) >= 11 is 0. The van der Waals surface area contributed by atoms with Gasteiger partial charge in [0.05, 0.1) is 0 Å². The van der Waals surface area contributed by atoms with Crippen LogP contribution in [0.1, 0.15) is 39.5 Å². The molecular formula is C11H21N. The van der Waals surface area contributed by atoms with E-state index in [4.69, 9.17) is 0 Å². The molecule has 0 spiro atoms. The monoisotopic (exact) mass is 167 g/mol. The van der Waals surface area contributed by atoms with Crippen molar-refractivity contribution in [2.24, 2.45) is 0 Å². The van der Waals surface area contributed by atoms with Gasteiger partial charge in [-0.3, -0.25) is 0 Å². The van der Waals surface area contributed by atoms with E-state index in [0.29, 0.717) is 0 Å². The Morgan fingerprint density at radius 2 is 1.83 bits per heavy atom. The largest absolute Gasteiger partial charge is 0.306 e. The minimum atomic E-state index is 0.991. The van der Waals surface area contributed by atoms with Crippen LogP contribution in [-0.4, -0.2) is 25.0 Å². The van der Waals surface area contributed by atoms with Gasteiger partial charge in [-0.15, -0.1) is 11.8 Å². The summed E-state index contributed by atoms with van der Waals surface area (Å²) in [6.07, 6.45) is 4.51. The van der Waals surface area contributed by atoms with Crippen LogP contribution in [0.25, 0.3) is 0 Å². The lowest BCUT2D eigenvalue weighted by molar-refractivity contribution is 0.332. The number of rotatable bonds is 5. The van der Waals surface area contributed by atoms with Crippen molar-refractivity contribution in [3.63, 3.8) is 0 Å². The van der Waals surface area contributed by atoms with Crippen LogP contribution in [0.2, 0.25) is 0 Å². The van der Waals surface area contributed by atoms with E-state index in [1.165, 1.54) is 25.9 Å². The third kappa shape index (κ3) is 7.63. The van der Waals surface area contributed by atoms with Gasteiger partial charge in [-0.25, -0.2) is 0 Å². The van der Waals surface area contributed by atoms with Gasteiger partial charge in [0, 0.05) is 12.8 Å². The van der Waals surface area contributed by atoms with Crippen molar-refractivity contribution in [2.45, 2.75) is 39.5 Å². The second kappa shape index (κ2) is 8.62. The molecule has 1 heteroatoms. The first kappa shape index (κ1) is 11.5. The lowest BCUT2D eigenvalue weighted by Crippen LogP contribution is -2.20.